The lowest BCUT2D eigenvalue weighted by atomic mass is 10.1. The highest BCUT2D eigenvalue weighted by atomic mass is 35.5. The van der Waals surface area contributed by atoms with Crippen LogP contribution in [0.2, 0.25) is 5.02 Å². The predicted octanol–water partition coefficient (Wildman–Crippen LogP) is 2.20. The number of phenolic OH excluding ortho intramolecular Hbond substituents is 1. The van der Waals surface area contributed by atoms with Gasteiger partial charge >= 0.3 is 5.97 Å². The Bertz CT molecular complexity index is 409. The molecule has 0 aliphatic rings. The average Bonchev–Trinajstić information content (AvgIpc) is 2.23. The molecule has 4 nitrogen and oxygen atoms in total. The third-order valence-corrected chi connectivity index (χ3v) is 2.77. The molecule has 0 saturated carbocycles. The normalized spacial score (nSPS) is 12.7. The van der Waals surface area contributed by atoms with Gasteiger partial charge in [-0.3, -0.25) is 4.79 Å². The number of carbonyl (C=O) groups is 1. The summed E-state index contributed by atoms with van der Waals surface area (Å²) in [6.07, 6.45) is 0. The molecule has 0 aliphatic heterocycles. The molecule has 0 aromatic heterocycles. The molecule has 5 heteroatoms. The van der Waals surface area contributed by atoms with Crippen LogP contribution in [0, 0.1) is 5.92 Å². The number of phenols is 1. The number of carboxylic acid groups (broad SMARTS) is 1. The number of aliphatic carboxylic acids is 1. The molecule has 2 N–H and O–H groups in total. The second-order valence-electron chi connectivity index (χ2n) is 4.22. The van der Waals surface area contributed by atoms with Gasteiger partial charge in [0, 0.05) is 13.1 Å². The molecular formula is C12H16ClNO3. The lowest BCUT2D eigenvalue weighted by Crippen LogP contribution is -2.28. The Balaban J connectivity index is 2.58. The number of halogens is 1. The smallest absolute Gasteiger partial charge is 0.307 e. The summed E-state index contributed by atoms with van der Waals surface area (Å²) < 4.78 is 0. The number of benzene rings is 1. The number of rotatable bonds is 5. The van der Waals surface area contributed by atoms with Crippen LogP contribution in [0.1, 0.15) is 12.5 Å². The van der Waals surface area contributed by atoms with Crippen molar-refractivity contribution in [2.75, 3.05) is 13.6 Å². The molecule has 1 atom stereocenters. The van der Waals surface area contributed by atoms with E-state index < -0.39 is 11.9 Å². The molecule has 0 aliphatic carbocycles. The maximum Gasteiger partial charge on any atom is 0.307 e. The van der Waals surface area contributed by atoms with Gasteiger partial charge in [-0.05, 0) is 24.7 Å². The van der Waals surface area contributed by atoms with E-state index >= 15 is 0 Å². The zero-order chi connectivity index (χ0) is 13.0. The van der Waals surface area contributed by atoms with Crippen LogP contribution in [0.5, 0.6) is 5.75 Å². The first-order chi connectivity index (χ1) is 7.90. The van der Waals surface area contributed by atoms with Gasteiger partial charge in [0.25, 0.3) is 0 Å². The van der Waals surface area contributed by atoms with Crippen LogP contribution in [0.15, 0.2) is 18.2 Å². The maximum absolute atomic E-state index is 10.7. The van der Waals surface area contributed by atoms with Gasteiger partial charge in [0.05, 0.1) is 10.9 Å². The zero-order valence-electron chi connectivity index (χ0n) is 9.85. The molecule has 0 saturated heterocycles. The molecule has 0 heterocycles. The van der Waals surface area contributed by atoms with Crippen LogP contribution >= 0.6 is 11.6 Å². The van der Waals surface area contributed by atoms with Crippen LogP contribution in [0.25, 0.3) is 0 Å². The van der Waals surface area contributed by atoms with Crippen molar-refractivity contribution >= 4 is 17.6 Å². The van der Waals surface area contributed by atoms with Gasteiger partial charge in [-0.25, -0.2) is 0 Å². The van der Waals surface area contributed by atoms with E-state index in [4.69, 9.17) is 16.7 Å². The van der Waals surface area contributed by atoms with E-state index in [0.717, 1.165) is 5.56 Å². The number of nitrogens with zero attached hydrogens (tertiary/aromatic N) is 1. The fourth-order valence-electron chi connectivity index (χ4n) is 1.57. The summed E-state index contributed by atoms with van der Waals surface area (Å²) >= 11 is 5.79. The van der Waals surface area contributed by atoms with E-state index in [1.54, 1.807) is 19.1 Å². The Hall–Kier alpha value is -1.26. The minimum Gasteiger partial charge on any atom is -0.506 e. The Morgan fingerprint density at radius 2 is 2.18 bits per heavy atom. The third-order valence-electron chi connectivity index (χ3n) is 2.47. The maximum atomic E-state index is 10.7. The summed E-state index contributed by atoms with van der Waals surface area (Å²) in [6.45, 7) is 2.73. The van der Waals surface area contributed by atoms with Crippen LogP contribution in [0.4, 0.5) is 0 Å². The van der Waals surface area contributed by atoms with Gasteiger partial charge in [-0.15, -0.1) is 0 Å². The second-order valence-corrected chi connectivity index (χ2v) is 4.63. The van der Waals surface area contributed by atoms with E-state index in [1.807, 2.05) is 11.9 Å². The van der Waals surface area contributed by atoms with Crippen molar-refractivity contribution in [1.29, 1.82) is 0 Å². The highest BCUT2D eigenvalue weighted by Gasteiger charge is 2.13. The third kappa shape index (κ3) is 4.24. The van der Waals surface area contributed by atoms with E-state index in [2.05, 4.69) is 0 Å². The molecule has 0 spiro atoms. The number of carboxylic acids is 1. The van der Waals surface area contributed by atoms with E-state index in [-0.39, 0.29) is 5.75 Å². The number of aromatic hydroxyl groups is 1. The van der Waals surface area contributed by atoms with Gasteiger partial charge in [0.15, 0.2) is 0 Å². The van der Waals surface area contributed by atoms with Gasteiger partial charge in [-0.1, -0.05) is 24.6 Å². The molecule has 1 unspecified atom stereocenters. The largest absolute Gasteiger partial charge is 0.506 e. The van der Waals surface area contributed by atoms with Crippen LogP contribution in [-0.4, -0.2) is 34.7 Å². The van der Waals surface area contributed by atoms with Crippen molar-refractivity contribution in [2.45, 2.75) is 13.5 Å². The van der Waals surface area contributed by atoms with Crippen LogP contribution < -0.4 is 0 Å². The summed E-state index contributed by atoms with van der Waals surface area (Å²) in [5, 5.41) is 18.4. The molecule has 0 radical (unpaired) electrons. The highest BCUT2D eigenvalue weighted by Crippen LogP contribution is 2.24. The molecule has 1 aromatic carbocycles. The number of hydrogen-bond donors (Lipinski definition) is 2. The Kier molecular flexibility index (Phi) is 4.78. The van der Waals surface area contributed by atoms with Gasteiger partial charge in [-0.2, -0.15) is 0 Å². The number of hydrogen-bond acceptors (Lipinski definition) is 3. The minimum atomic E-state index is -0.805. The first kappa shape index (κ1) is 13.8. The quantitative estimate of drug-likeness (QED) is 0.849. The fraction of sp³-hybridized carbons (Fsp3) is 0.417. The summed E-state index contributed by atoms with van der Waals surface area (Å²) in [5.41, 5.74) is 0.938. The molecule has 17 heavy (non-hydrogen) atoms. The van der Waals surface area contributed by atoms with E-state index in [1.165, 1.54) is 6.07 Å². The van der Waals surface area contributed by atoms with Crippen LogP contribution in [0.3, 0.4) is 0 Å². The summed E-state index contributed by atoms with van der Waals surface area (Å²) in [5.74, 6) is -1.16. The zero-order valence-corrected chi connectivity index (χ0v) is 10.6. The monoisotopic (exact) mass is 257 g/mol. The van der Waals surface area contributed by atoms with Crippen molar-refractivity contribution in [2.24, 2.45) is 5.92 Å². The van der Waals surface area contributed by atoms with Crippen molar-refractivity contribution in [3.8, 4) is 5.75 Å². The standard InChI is InChI=1S/C12H16ClNO3/c1-8(12(16)17)6-14(2)7-9-3-4-11(15)10(13)5-9/h3-5,8,15H,6-7H2,1-2H3,(H,16,17). The van der Waals surface area contributed by atoms with Gasteiger partial charge in [0.2, 0.25) is 0 Å². The SMILES string of the molecule is CC(CN(C)Cc1ccc(O)c(Cl)c1)C(=O)O. The average molecular weight is 258 g/mol. The van der Waals surface area contributed by atoms with Crippen molar-refractivity contribution in [1.82, 2.24) is 4.90 Å². The Morgan fingerprint density at radius 1 is 1.53 bits per heavy atom. The predicted molar refractivity (Wildman–Crippen MR) is 66.3 cm³/mol. The molecule has 0 bridgehead atoms. The first-order valence-corrected chi connectivity index (χ1v) is 5.66. The van der Waals surface area contributed by atoms with E-state index in [9.17, 15) is 9.90 Å². The molecule has 1 aromatic rings. The Morgan fingerprint density at radius 3 is 2.71 bits per heavy atom. The summed E-state index contributed by atoms with van der Waals surface area (Å²) in [4.78, 5) is 12.6. The lowest BCUT2D eigenvalue weighted by molar-refractivity contribution is -0.141. The highest BCUT2D eigenvalue weighted by molar-refractivity contribution is 6.32. The van der Waals surface area contributed by atoms with Crippen molar-refractivity contribution in [3.63, 3.8) is 0 Å². The van der Waals surface area contributed by atoms with Gasteiger partial charge in [0.1, 0.15) is 5.75 Å². The topological polar surface area (TPSA) is 60.8 Å². The molecule has 1 rings (SSSR count). The minimum absolute atomic E-state index is 0.0528. The molecule has 0 amide bonds. The fourth-order valence-corrected chi connectivity index (χ4v) is 1.77. The lowest BCUT2D eigenvalue weighted by Gasteiger charge is -2.19. The van der Waals surface area contributed by atoms with E-state index in [0.29, 0.717) is 18.1 Å². The second kappa shape index (κ2) is 5.89. The molecular weight excluding hydrogens is 242 g/mol. The van der Waals surface area contributed by atoms with Gasteiger partial charge < -0.3 is 15.1 Å². The van der Waals surface area contributed by atoms with Crippen molar-refractivity contribution < 1.29 is 15.0 Å². The molecule has 94 valence electrons. The Labute approximate surface area is 105 Å². The van der Waals surface area contributed by atoms with Crippen molar-refractivity contribution in [3.05, 3.63) is 28.8 Å². The first-order valence-electron chi connectivity index (χ1n) is 5.29. The molecule has 0 fully saturated rings. The summed E-state index contributed by atoms with van der Waals surface area (Å²) in [7, 11) is 1.85. The summed E-state index contributed by atoms with van der Waals surface area (Å²) in [6, 6.07) is 4.98. The van der Waals surface area contributed by atoms with Crippen LogP contribution in [-0.2, 0) is 11.3 Å².